The number of hydrogen-bond donors (Lipinski definition) is 2. The second kappa shape index (κ2) is 5.83. The molecule has 0 radical (unpaired) electrons. The molecule has 1 aromatic carbocycles. The summed E-state index contributed by atoms with van der Waals surface area (Å²) in [6.07, 6.45) is -0.595. The van der Waals surface area contributed by atoms with E-state index in [1.54, 1.807) is 39.0 Å². The predicted molar refractivity (Wildman–Crippen MR) is 68.8 cm³/mol. The minimum Gasteiger partial charge on any atom is -0.755 e. The lowest BCUT2D eigenvalue weighted by Crippen LogP contribution is -2.27. The number of amides is 1. The van der Waals surface area contributed by atoms with Gasteiger partial charge in [-0.15, -0.1) is 0 Å². The Labute approximate surface area is 108 Å². The third-order valence-electron chi connectivity index (χ3n) is 1.71. The number of nitrogens with one attached hydrogen (secondary N) is 2. The van der Waals surface area contributed by atoms with E-state index in [1.165, 1.54) is 6.07 Å². The largest absolute Gasteiger partial charge is 0.755 e. The first-order valence-corrected chi connectivity index (χ1v) is 6.30. The van der Waals surface area contributed by atoms with Gasteiger partial charge in [-0.3, -0.25) is 9.53 Å². The molecule has 0 aliphatic carbocycles. The van der Waals surface area contributed by atoms with Gasteiger partial charge >= 0.3 is 6.09 Å². The van der Waals surface area contributed by atoms with Crippen molar-refractivity contribution >= 4 is 28.7 Å². The minimum absolute atomic E-state index is 0.358. The van der Waals surface area contributed by atoms with Crippen molar-refractivity contribution in [2.75, 3.05) is 10.0 Å². The molecule has 0 saturated heterocycles. The molecule has 1 aromatic rings. The highest BCUT2D eigenvalue weighted by Crippen LogP contribution is 2.16. The monoisotopic (exact) mass is 271 g/mol. The zero-order valence-corrected chi connectivity index (χ0v) is 11.2. The SMILES string of the molecule is CC(C)(C)OC(=O)Nc1cccc(NS(=O)[O-])c1. The van der Waals surface area contributed by atoms with E-state index in [1.807, 2.05) is 0 Å². The molecule has 0 spiro atoms. The summed E-state index contributed by atoms with van der Waals surface area (Å²) >= 11 is -2.40. The summed E-state index contributed by atoms with van der Waals surface area (Å²) in [7, 11) is 0. The molecular weight excluding hydrogens is 256 g/mol. The Morgan fingerprint density at radius 1 is 1.33 bits per heavy atom. The van der Waals surface area contributed by atoms with E-state index in [-0.39, 0.29) is 0 Å². The summed E-state index contributed by atoms with van der Waals surface area (Å²) in [6, 6.07) is 6.29. The van der Waals surface area contributed by atoms with Crippen LogP contribution in [0.3, 0.4) is 0 Å². The van der Waals surface area contributed by atoms with Gasteiger partial charge < -0.3 is 14.0 Å². The molecule has 6 nitrogen and oxygen atoms in total. The highest BCUT2D eigenvalue weighted by atomic mass is 32.2. The van der Waals surface area contributed by atoms with Crippen LogP contribution in [0.15, 0.2) is 24.3 Å². The first-order valence-electron chi connectivity index (χ1n) is 5.22. The van der Waals surface area contributed by atoms with E-state index in [0.717, 1.165) is 0 Å². The fourth-order valence-corrected chi connectivity index (χ4v) is 1.50. The maximum absolute atomic E-state index is 11.5. The van der Waals surface area contributed by atoms with E-state index in [2.05, 4.69) is 10.0 Å². The van der Waals surface area contributed by atoms with Crippen molar-refractivity contribution in [3.63, 3.8) is 0 Å². The number of ether oxygens (including phenoxy) is 1. The molecule has 0 heterocycles. The zero-order valence-electron chi connectivity index (χ0n) is 10.4. The molecule has 7 heteroatoms. The average Bonchev–Trinajstić information content (AvgIpc) is 2.13. The average molecular weight is 271 g/mol. The van der Waals surface area contributed by atoms with Gasteiger partial charge in [-0.05, 0) is 39.0 Å². The van der Waals surface area contributed by atoms with Gasteiger partial charge in [0.25, 0.3) is 0 Å². The number of hydrogen-bond acceptors (Lipinski definition) is 4. The van der Waals surface area contributed by atoms with Gasteiger partial charge in [-0.25, -0.2) is 4.79 Å². The molecule has 0 aliphatic heterocycles. The van der Waals surface area contributed by atoms with Crippen LogP contribution in [0.25, 0.3) is 0 Å². The van der Waals surface area contributed by atoms with Crippen LogP contribution < -0.4 is 10.0 Å². The molecule has 1 atom stereocenters. The lowest BCUT2D eigenvalue weighted by molar-refractivity contribution is 0.0636. The third-order valence-corrected chi connectivity index (χ3v) is 2.11. The molecule has 18 heavy (non-hydrogen) atoms. The third kappa shape index (κ3) is 5.65. The summed E-state index contributed by atoms with van der Waals surface area (Å²) in [5.41, 5.74) is 0.216. The summed E-state index contributed by atoms with van der Waals surface area (Å²) in [6.45, 7) is 5.27. The summed E-state index contributed by atoms with van der Waals surface area (Å²) in [4.78, 5) is 11.5. The van der Waals surface area contributed by atoms with Crippen LogP contribution in [-0.2, 0) is 16.0 Å². The van der Waals surface area contributed by atoms with Crippen LogP contribution in [0.1, 0.15) is 20.8 Å². The predicted octanol–water partition coefficient (Wildman–Crippen LogP) is 2.24. The first kappa shape index (κ1) is 14.5. The zero-order chi connectivity index (χ0) is 13.8. The maximum atomic E-state index is 11.5. The van der Waals surface area contributed by atoms with Crippen LogP contribution in [0.2, 0.25) is 0 Å². The Morgan fingerprint density at radius 3 is 2.50 bits per heavy atom. The maximum Gasteiger partial charge on any atom is 0.412 e. The van der Waals surface area contributed by atoms with Crippen molar-refractivity contribution in [2.24, 2.45) is 0 Å². The van der Waals surface area contributed by atoms with Crippen LogP contribution in [0, 0.1) is 0 Å². The topological polar surface area (TPSA) is 90.5 Å². The molecule has 0 saturated carbocycles. The van der Waals surface area contributed by atoms with E-state index in [0.29, 0.717) is 11.4 Å². The van der Waals surface area contributed by atoms with Gasteiger partial charge in [0.15, 0.2) is 0 Å². The van der Waals surface area contributed by atoms with Crippen molar-refractivity contribution in [3.05, 3.63) is 24.3 Å². The lowest BCUT2D eigenvalue weighted by atomic mass is 10.2. The molecule has 0 bridgehead atoms. The Bertz CT molecular complexity index is 457. The van der Waals surface area contributed by atoms with E-state index in [4.69, 9.17) is 4.74 Å². The van der Waals surface area contributed by atoms with Gasteiger partial charge in [0.1, 0.15) is 5.60 Å². The molecule has 0 aliphatic rings. The Balaban J connectivity index is 2.67. The van der Waals surface area contributed by atoms with Gasteiger partial charge in [0.2, 0.25) is 0 Å². The van der Waals surface area contributed by atoms with Crippen molar-refractivity contribution in [3.8, 4) is 0 Å². The lowest BCUT2D eigenvalue weighted by Gasteiger charge is -2.19. The Hall–Kier alpha value is -1.60. The van der Waals surface area contributed by atoms with Gasteiger partial charge in [0.05, 0.1) is 0 Å². The molecule has 1 rings (SSSR count). The number of carbonyl (C=O) groups excluding carboxylic acids is 1. The smallest absolute Gasteiger partial charge is 0.412 e. The van der Waals surface area contributed by atoms with Crippen molar-refractivity contribution in [1.82, 2.24) is 0 Å². The van der Waals surface area contributed by atoms with Crippen LogP contribution in [-0.4, -0.2) is 20.5 Å². The summed E-state index contributed by atoms with van der Waals surface area (Å²) in [5, 5.41) is 2.51. The Kier molecular flexibility index (Phi) is 4.69. The summed E-state index contributed by atoms with van der Waals surface area (Å²) in [5.74, 6) is 0. The summed E-state index contributed by atoms with van der Waals surface area (Å²) < 4.78 is 28.2. The fraction of sp³-hybridized carbons (Fsp3) is 0.364. The highest BCUT2D eigenvalue weighted by Gasteiger charge is 2.16. The molecule has 0 fully saturated rings. The fourth-order valence-electron chi connectivity index (χ4n) is 1.18. The quantitative estimate of drug-likeness (QED) is 0.825. The molecule has 1 amide bonds. The van der Waals surface area contributed by atoms with Crippen LogP contribution in [0.5, 0.6) is 0 Å². The van der Waals surface area contributed by atoms with Gasteiger partial charge in [0, 0.05) is 22.6 Å². The highest BCUT2D eigenvalue weighted by molar-refractivity contribution is 7.80. The van der Waals surface area contributed by atoms with Crippen molar-refractivity contribution in [2.45, 2.75) is 26.4 Å². The molecule has 100 valence electrons. The van der Waals surface area contributed by atoms with Gasteiger partial charge in [-0.2, -0.15) is 0 Å². The Morgan fingerprint density at radius 2 is 1.94 bits per heavy atom. The minimum atomic E-state index is -2.40. The van der Waals surface area contributed by atoms with E-state index >= 15 is 0 Å². The number of carbonyl (C=O) groups is 1. The second-order valence-electron chi connectivity index (χ2n) is 4.54. The normalized spacial score (nSPS) is 12.7. The molecule has 1 unspecified atom stereocenters. The van der Waals surface area contributed by atoms with Gasteiger partial charge in [-0.1, -0.05) is 6.07 Å². The van der Waals surface area contributed by atoms with E-state index < -0.39 is 23.0 Å². The van der Waals surface area contributed by atoms with Crippen molar-refractivity contribution in [1.29, 1.82) is 0 Å². The van der Waals surface area contributed by atoms with Crippen LogP contribution in [0.4, 0.5) is 16.2 Å². The standard InChI is InChI=1S/C11H16N2O4S/c1-11(2,3)17-10(14)12-8-5-4-6-9(7-8)13-18(15)16/h4-7,13H,1-3H3,(H,12,14)(H,15,16)/p-1. The molecular formula is C11H15N2O4S-. The molecule has 0 aromatic heterocycles. The first-order chi connectivity index (χ1) is 8.26. The molecule has 2 N–H and O–H groups in total. The van der Waals surface area contributed by atoms with E-state index in [9.17, 15) is 13.6 Å². The number of benzene rings is 1. The second-order valence-corrected chi connectivity index (χ2v) is 5.22. The van der Waals surface area contributed by atoms with Crippen molar-refractivity contribution < 1.29 is 18.3 Å². The van der Waals surface area contributed by atoms with Crippen LogP contribution >= 0.6 is 0 Å². The number of anilines is 2. The number of rotatable bonds is 3.